The highest BCUT2D eigenvalue weighted by Gasteiger charge is 2.25. The molecule has 2 aromatic carbocycles. The van der Waals surface area contributed by atoms with Crippen molar-refractivity contribution >= 4 is 34.1 Å². The Morgan fingerprint density at radius 2 is 1.74 bits per heavy atom. The minimum Gasteiger partial charge on any atom is -0.497 e. The van der Waals surface area contributed by atoms with E-state index in [0.29, 0.717) is 37.8 Å². The van der Waals surface area contributed by atoms with Gasteiger partial charge in [-0.15, -0.1) is 0 Å². The van der Waals surface area contributed by atoms with E-state index in [4.69, 9.17) is 9.72 Å². The number of hydrogen-bond donors (Lipinski definition) is 1. The van der Waals surface area contributed by atoms with E-state index in [2.05, 4.69) is 20.2 Å². The Morgan fingerprint density at radius 1 is 0.971 bits per heavy atom. The SMILES string of the molecule is COc1ccc(Nc2cc(C)nc(N3CCN(C(=O)c4nccc5ccccc45)CC3)n2)cc1. The van der Waals surface area contributed by atoms with Crippen LogP contribution in [0.1, 0.15) is 16.2 Å². The van der Waals surface area contributed by atoms with E-state index in [1.807, 2.05) is 72.5 Å². The lowest BCUT2D eigenvalue weighted by Crippen LogP contribution is -2.49. The number of ether oxygens (including phenoxy) is 1. The predicted molar refractivity (Wildman–Crippen MR) is 133 cm³/mol. The maximum Gasteiger partial charge on any atom is 0.273 e. The number of anilines is 3. The molecule has 1 fully saturated rings. The molecule has 0 atom stereocenters. The molecule has 3 heterocycles. The third kappa shape index (κ3) is 4.47. The minimum atomic E-state index is -0.0385. The summed E-state index contributed by atoms with van der Waals surface area (Å²) in [6.45, 7) is 4.44. The molecule has 172 valence electrons. The second-order valence-electron chi connectivity index (χ2n) is 8.21. The molecule has 1 N–H and O–H groups in total. The van der Waals surface area contributed by atoms with Crippen molar-refractivity contribution in [1.82, 2.24) is 19.9 Å². The Kier molecular flexibility index (Phi) is 5.95. The Hall–Kier alpha value is -4.20. The zero-order valence-electron chi connectivity index (χ0n) is 19.2. The standard InChI is InChI=1S/C26H26N6O2/c1-18-17-23(29-20-7-9-21(34-2)10-8-20)30-26(28-18)32-15-13-31(14-16-32)25(33)24-22-6-4-3-5-19(22)11-12-27-24/h3-12,17H,13-16H2,1-2H3,(H,28,29,30). The van der Waals surface area contributed by atoms with Crippen molar-refractivity contribution in [3.05, 3.63) is 78.2 Å². The molecule has 1 saturated heterocycles. The number of amides is 1. The number of nitrogens with one attached hydrogen (secondary N) is 1. The van der Waals surface area contributed by atoms with Crippen molar-refractivity contribution in [2.24, 2.45) is 0 Å². The molecule has 0 radical (unpaired) electrons. The van der Waals surface area contributed by atoms with E-state index in [1.54, 1.807) is 13.3 Å². The summed E-state index contributed by atoms with van der Waals surface area (Å²) < 4.78 is 5.22. The molecule has 0 bridgehead atoms. The number of nitrogens with zero attached hydrogens (tertiary/aromatic N) is 5. The van der Waals surface area contributed by atoms with E-state index in [9.17, 15) is 4.79 Å². The average Bonchev–Trinajstić information content (AvgIpc) is 2.88. The number of rotatable bonds is 5. The molecule has 0 spiro atoms. The minimum absolute atomic E-state index is 0.0385. The summed E-state index contributed by atoms with van der Waals surface area (Å²) in [5.41, 5.74) is 2.30. The van der Waals surface area contributed by atoms with E-state index in [1.165, 1.54) is 0 Å². The lowest BCUT2D eigenvalue weighted by atomic mass is 10.1. The third-order valence-corrected chi connectivity index (χ3v) is 5.93. The fraction of sp³-hybridized carbons (Fsp3) is 0.231. The number of aromatic nitrogens is 3. The van der Waals surface area contributed by atoms with Crippen LogP contribution in [0.3, 0.4) is 0 Å². The largest absolute Gasteiger partial charge is 0.497 e. The van der Waals surface area contributed by atoms with Crippen LogP contribution in [0, 0.1) is 6.92 Å². The summed E-state index contributed by atoms with van der Waals surface area (Å²) in [6.07, 6.45) is 1.70. The average molecular weight is 455 g/mol. The first-order valence-electron chi connectivity index (χ1n) is 11.3. The summed E-state index contributed by atoms with van der Waals surface area (Å²) >= 11 is 0. The number of methoxy groups -OCH3 is 1. The summed E-state index contributed by atoms with van der Waals surface area (Å²) in [7, 11) is 1.65. The number of fused-ring (bicyclic) bond motifs is 1. The Labute approximate surface area is 198 Å². The second kappa shape index (κ2) is 9.35. The Balaban J connectivity index is 1.28. The van der Waals surface area contributed by atoms with Crippen molar-refractivity contribution in [1.29, 1.82) is 0 Å². The van der Waals surface area contributed by atoms with E-state index in [0.717, 1.165) is 33.7 Å². The molecule has 34 heavy (non-hydrogen) atoms. The Bertz CT molecular complexity index is 1310. The van der Waals surface area contributed by atoms with Gasteiger partial charge in [0.05, 0.1) is 7.11 Å². The van der Waals surface area contributed by atoms with Crippen LogP contribution >= 0.6 is 0 Å². The normalized spacial score (nSPS) is 13.7. The highest BCUT2D eigenvalue weighted by Crippen LogP contribution is 2.23. The molecule has 8 nitrogen and oxygen atoms in total. The van der Waals surface area contributed by atoms with Gasteiger partial charge in [0.2, 0.25) is 5.95 Å². The molecule has 4 aromatic rings. The lowest BCUT2D eigenvalue weighted by Gasteiger charge is -2.35. The van der Waals surface area contributed by atoms with Crippen LogP contribution in [0.15, 0.2) is 66.9 Å². The summed E-state index contributed by atoms with van der Waals surface area (Å²) in [6, 6.07) is 19.4. The van der Waals surface area contributed by atoms with Crippen molar-refractivity contribution in [2.75, 3.05) is 43.5 Å². The van der Waals surface area contributed by atoms with Crippen molar-refractivity contribution < 1.29 is 9.53 Å². The molecule has 0 unspecified atom stereocenters. The van der Waals surface area contributed by atoms with Gasteiger partial charge in [0, 0.05) is 55.2 Å². The van der Waals surface area contributed by atoms with Crippen LogP contribution in [0.2, 0.25) is 0 Å². The predicted octanol–water partition coefficient (Wildman–Crippen LogP) is 4.05. The van der Waals surface area contributed by atoms with Gasteiger partial charge in [-0.05, 0) is 42.6 Å². The van der Waals surface area contributed by atoms with E-state index in [-0.39, 0.29) is 5.91 Å². The molecular formula is C26H26N6O2. The highest BCUT2D eigenvalue weighted by molar-refractivity contribution is 6.05. The molecular weight excluding hydrogens is 428 g/mol. The number of piperazine rings is 1. The molecule has 0 saturated carbocycles. The topological polar surface area (TPSA) is 83.5 Å². The zero-order valence-corrected chi connectivity index (χ0v) is 19.2. The third-order valence-electron chi connectivity index (χ3n) is 5.93. The monoisotopic (exact) mass is 454 g/mol. The number of pyridine rings is 1. The molecule has 1 amide bonds. The fourth-order valence-corrected chi connectivity index (χ4v) is 4.13. The maximum absolute atomic E-state index is 13.2. The van der Waals surface area contributed by atoms with Gasteiger partial charge in [0.15, 0.2) is 0 Å². The zero-order chi connectivity index (χ0) is 23.5. The number of aryl methyl sites for hydroxylation is 1. The van der Waals surface area contributed by atoms with Gasteiger partial charge in [-0.1, -0.05) is 24.3 Å². The number of benzene rings is 2. The highest BCUT2D eigenvalue weighted by atomic mass is 16.5. The molecule has 2 aromatic heterocycles. The smallest absolute Gasteiger partial charge is 0.273 e. The van der Waals surface area contributed by atoms with Crippen LogP contribution in [-0.4, -0.2) is 59.0 Å². The van der Waals surface area contributed by atoms with Gasteiger partial charge >= 0.3 is 0 Å². The van der Waals surface area contributed by atoms with Gasteiger partial charge in [-0.2, -0.15) is 4.98 Å². The van der Waals surface area contributed by atoms with Gasteiger partial charge in [0.1, 0.15) is 17.3 Å². The summed E-state index contributed by atoms with van der Waals surface area (Å²) in [4.78, 5) is 30.9. The molecule has 1 aliphatic rings. The van der Waals surface area contributed by atoms with E-state index < -0.39 is 0 Å². The molecule has 1 aliphatic heterocycles. The number of carbonyl (C=O) groups is 1. The van der Waals surface area contributed by atoms with Gasteiger partial charge in [0.25, 0.3) is 5.91 Å². The van der Waals surface area contributed by atoms with Gasteiger partial charge in [-0.3, -0.25) is 9.78 Å². The first-order valence-corrected chi connectivity index (χ1v) is 11.3. The first-order chi connectivity index (χ1) is 16.6. The van der Waals surface area contributed by atoms with Crippen molar-refractivity contribution in [3.8, 4) is 5.75 Å². The fourth-order valence-electron chi connectivity index (χ4n) is 4.13. The quantitative estimate of drug-likeness (QED) is 0.487. The second-order valence-corrected chi connectivity index (χ2v) is 8.21. The molecule has 0 aliphatic carbocycles. The van der Waals surface area contributed by atoms with Gasteiger partial charge < -0.3 is 19.9 Å². The van der Waals surface area contributed by atoms with Crippen molar-refractivity contribution in [2.45, 2.75) is 6.92 Å². The first kappa shape index (κ1) is 21.6. The summed E-state index contributed by atoms with van der Waals surface area (Å²) in [5.74, 6) is 2.15. The van der Waals surface area contributed by atoms with Crippen LogP contribution in [-0.2, 0) is 0 Å². The molecule has 5 rings (SSSR count). The molecule has 8 heteroatoms. The van der Waals surface area contributed by atoms with Gasteiger partial charge in [-0.25, -0.2) is 4.98 Å². The van der Waals surface area contributed by atoms with Crippen LogP contribution < -0.4 is 15.0 Å². The van der Waals surface area contributed by atoms with Crippen LogP contribution in [0.25, 0.3) is 10.8 Å². The number of hydrogen-bond acceptors (Lipinski definition) is 7. The number of carbonyl (C=O) groups excluding carboxylic acids is 1. The Morgan fingerprint density at radius 3 is 2.50 bits per heavy atom. The van der Waals surface area contributed by atoms with Crippen LogP contribution in [0.4, 0.5) is 17.5 Å². The summed E-state index contributed by atoms with van der Waals surface area (Å²) in [5, 5.41) is 5.24. The maximum atomic E-state index is 13.2. The van der Waals surface area contributed by atoms with E-state index >= 15 is 0 Å². The van der Waals surface area contributed by atoms with Crippen LogP contribution in [0.5, 0.6) is 5.75 Å². The lowest BCUT2D eigenvalue weighted by molar-refractivity contribution is 0.0742. The van der Waals surface area contributed by atoms with Crippen molar-refractivity contribution in [3.63, 3.8) is 0 Å².